The van der Waals surface area contributed by atoms with Crippen LogP contribution >= 0.6 is 0 Å². The lowest BCUT2D eigenvalue weighted by atomic mass is 10.1. The minimum absolute atomic E-state index is 0.0836. The quantitative estimate of drug-likeness (QED) is 0.637. The number of allylic oxidation sites excluding steroid dienone is 1. The van der Waals surface area contributed by atoms with Crippen LogP contribution in [0.3, 0.4) is 0 Å². The Hall–Kier alpha value is -1.71. The third-order valence-electron chi connectivity index (χ3n) is 1.85. The van der Waals surface area contributed by atoms with E-state index >= 15 is 0 Å². The number of hydrogen-bond donors (Lipinski definition) is 0. The second kappa shape index (κ2) is 2.97. The molecule has 1 aromatic rings. The van der Waals surface area contributed by atoms with Gasteiger partial charge in [0.2, 0.25) is 0 Å². The number of rotatable bonds is 2. The Kier molecular flexibility index (Phi) is 1.81. The van der Waals surface area contributed by atoms with E-state index in [4.69, 9.17) is 0 Å². The van der Waals surface area contributed by atoms with E-state index in [1.807, 2.05) is 0 Å². The number of hydrogen-bond acceptors (Lipinski definition) is 3. The van der Waals surface area contributed by atoms with Crippen LogP contribution in [0.25, 0.3) is 0 Å². The van der Waals surface area contributed by atoms with Gasteiger partial charge in [0.05, 0.1) is 12.1 Å². The van der Waals surface area contributed by atoms with Crippen molar-refractivity contribution >= 4 is 17.8 Å². The van der Waals surface area contributed by atoms with E-state index in [2.05, 4.69) is 16.7 Å². The van der Waals surface area contributed by atoms with Crippen molar-refractivity contribution in [1.82, 2.24) is 9.78 Å². The predicted molar refractivity (Wildman–Crippen MR) is 49.5 cm³/mol. The fourth-order valence-electron chi connectivity index (χ4n) is 1.25. The van der Waals surface area contributed by atoms with Crippen molar-refractivity contribution in [1.29, 1.82) is 0 Å². The average Bonchev–Trinajstić information content (AvgIpc) is 2.49. The number of fused-ring (bicyclic) bond motifs is 1. The molecule has 0 N–H and O–H groups in total. The van der Waals surface area contributed by atoms with Crippen LogP contribution in [0, 0.1) is 0 Å². The van der Waals surface area contributed by atoms with Crippen LogP contribution < -0.4 is 0 Å². The molecule has 0 aromatic carbocycles. The number of carbonyl (C=O) groups excluding carboxylic acids is 1. The molecule has 1 aliphatic heterocycles. The minimum Gasteiger partial charge on any atom is -0.294 e. The zero-order valence-corrected chi connectivity index (χ0v) is 7.10. The number of ketones is 1. The summed E-state index contributed by atoms with van der Waals surface area (Å²) in [6.07, 6.45) is 5.42. The lowest BCUT2D eigenvalue weighted by molar-refractivity contribution is 0.100. The largest absolute Gasteiger partial charge is 0.294 e. The molecule has 13 heavy (non-hydrogen) atoms. The van der Waals surface area contributed by atoms with Gasteiger partial charge in [-0.05, 0) is 0 Å². The molecule has 0 spiro atoms. The Morgan fingerprint density at radius 1 is 1.69 bits per heavy atom. The van der Waals surface area contributed by atoms with Crippen LogP contribution in [-0.4, -0.2) is 21.8 Å². The van der Waals surface area contributed by atoms with Crippen LogP contribution in [0.2, 0.25) is 0 Å². The summed E-state index contributed by atoms with van der Waals surface area (Å²) in [5, 5.41) is 4.12. The van der Waals surface area contributed by atoms with Gasteiger partial charge in [-0.1, -0.05) is 6.08 Å². The smallest absolute Gasteiger partial charge is 0.184 e. The molecular formula is C9H9N3O. The molecule has 0 fully saturated rings. The van der Waals surface area contributed by atoms with E-state index in [0.29, 0.717) is 24.3 Å². The van der Waals surface area contributed by atoms with Crippen molar-refractivity contribution < 1.29 is 4.79 Å². The molecule has 1 aromatic heterocycles. The summed E-state index contributed by atoms with van der Waals surface area (Å²) in [5.74, 6) is 0.610. The molecule has 4 nitrogen and oxygen atoms in total. The lowest BCUT2D eigenvalue weighted by Crippen LogP contribution is -2.02. The molecule has 0 atom stereocenters. The Bertz CT molecular complexity index is 390. The average molecular weight is 175 g/mol. The fraction of sp³-hybridized carbons (Fsp3) is 0.222. The zero-order chi connectivity index (χ0) is 9.26. The van der Waals surface area contributed by atoms with Crippen molar-refractivity contribution in [3.63, 3.8) is 0 Å². The highest BCUT2D eigenvalue weighted by Gasteiger charge is 2.17. The summed E-state index contributed by atoms with van der Waals surface area (Å²) in [6.45, 7) is 4.20. The van der Waals surface area contributed by atoms with E-state index in [0.717, 1.165) is 0 Å². The SMILES string of the molecule is C=CCn1cc2c(n1)N=CCC2=O. The Balaban J connectivity index is 2.42. The van der Waals surface area contributed by atoms with Crippen LogP contribution in [-0.2, 0) is 6.54 Å². The van der Waals surface area contributed by atoms with Crippen molar-refractivity contribution in [2.24, 2.45) is 4.99 Å². The molecule has 2 rings (SSSR count). The van der Waals surface area contributed by atoms with E-state index < -0.39 is 0 Å². The van der Waals surface area contributed by atoms with Gasteiger partial charge in [0.15, 0.2) is 11.6 Å². The Morgan fingerprint density at radius 3 is 3.23 bits per heavy atom. The maximum Gasteiger partial charge on any atom is 0.184 e. The molecule has 0 aliphatic carbocycles. The highest BCUT2D eigenvalue weighted by atomic mass is 16.1. The minimum atomic E-state index is 0.0836. The molecule has 66 valence electrons. The van der Waals surface area contributed by atoms with Gasteiger partial charge in [-0.15, -0.1) is 6.58 Å². The molecule has 2 heterocycles. The summed E-state index contributed by atoms with van der Waals surface area (Å²) < 4.78 is 1.66. The lowest BCUT2D eigenvalue weighted by Gasteiger charge is -1.98. The molecular weight excluding hydrogens is 166 g/mol. The van der Waals surface area contributed by atoms with Gasteiger partial charge in [-0.2, -0.15) is 5.10 Å². The maximum absolute atomic E-state index is 11.3. The maximum atomic E-state index is 11.3. The van der Waals surface area contributed by atoms with Crippen LogP contribution in [0.15, 0.2) is 23.8 Å². The summed E-state index contributed by atoms with van der Waals surface area (Å²) in [6, 6.07) is 0. The number of carbonyl (C=O) groups is 1. The third-order valence-corrected chi connectivity index (χ3v) is 1.85. The number of aliphatic imine (C=N–C) groups is 1. The highest BCUT2D eigenvalue weighted by molar-refractivity contribution is 6.09. The van der Waals surface area contributed by atoms with Crippen molar-refractivity contribution in [3.05, 3.63) is 24.4 Å². The first-order chi connectivity index (χ1) is 6.31. The number of aromatic nitrogens is 2. The first-order valence-corrected chi connectivity index (χ1v) is 4.05. The molecule has 0 amide bonds. The summed E-state index contributed by atoms with van der Waals surface area (Å²) in [7, 11) is 0. The first kappa shape index (κ1) is 7.91. The van der Waals surface area contributed by atoms with E-state index in [-0.39, 0.29) is 5.78 Å². The van der Waals surface area contributed by atoms with Crippen LogP contribution in [0.1, 0.15) is 16.8 Å². The van der Waals surface area contributed by atoms with Gasteiger partial charge >= 0.3 is 0 Å². The van der Waals surface area contributed by atoms with Crippen molar-refractivity contribution in [2.75, 3.05) is 0 Å². The van der Waals surface area contributed by atoms with Gasteiger partial charge in [0.25, 0.3) is 0 Å². The topological polar surface area (TPSA) is 47.2 Å². The van der Waals surface area contributed by atoms with E-state index in [1.165, 1.54) is 0 Å². The molecule has 0 bridgehead atoms. The first-order valence-electron chi connectivity index (χ1n) is 4.05. The van der Waals surface area contributed by atoms with Crippen molar-refractivity contribution in [3.8, 4) is 0 Å². The summed E-state index contributed by atoms with van der Waals surface area (Å²) >= 11 is 0. The second-order valence-electron chi connectivity index (χ2n) is 2.82. The monoisotopic (exact) mass is 175 g/mol. The second-order valence-corrected chi connectivity index (χ2v) is 2.82. The normalized spacial score (nSPS) is 14.3. The molecule has 0 radical (unpaired) electrons. The van der Waals surface area contributed by atoms with Gasteiger partial charge in [-0.3, -0.25) is 9.48 Å². The third kappa shape index (κ3) is 1.30. The van der Waals surface area contributed by atoms with Gasteiger partial charge in [0.1, 0.15) is 0 Å². The fourth-order valence-corrected chi connectivity index (χ4v) is 1.25. The highest BCUT2D eigenvalue weighted by Crippen LogP contribution is 2.21. The molecule has 0 saturated carbocycles. The van der Waals surface area contributed by atoms with Crippen molar-refractivity contribution in [2.45, 2.75) is 13.0 Å². The number of nitrogens with zero attached hydrogens (tertiary/aromatic N) is 3. The summed E-state index contributed by atoms with van der Waals surface area (Å²) in [5.41, 5.74) is 0.615. The van der Waals surface area contributed by atoms with Gasteiger partial charge in [-0.25, -0.2) is 4.99 Å². The Morgan fingerprint density at radius 2 is 2.54 bits per heavy atom. The number of Topliss-reactive ketones (excluding diaryl/α,β-unsaturated/α-hetero) is 1. The zero-order valence-electron chi connectivity index (χ0n) is 7.10. The molecule has 0 saturated heterocycles. The summed E-state index contributed by atoms with van der Waals surface area (Å²) in [4.78, 5) is 15.4. The Labute approximate surface area is 75.6 Å². The molecule has 4 heteroatoms. The van der Waals surface area contributed by atoms with Gasteiger partial charge < -0.3 is 0 Å². The molecule has 1 aliphatic rings. The van der Waals surface area contributed by atoms with Gasteiger partial charge in [0, 0.05) is 18.8 Å². The van der Waals surface area contributed by atoms with E-state index in [1.54, 1.807) is 23.2 Å². The predicted octanol–water partition coefficient (Wildman–Crippen LogP) is 1.36. The molecule has 0 unspecified atom stereocenters. The van der Waals surface area contributed by atoms with E-state index in [9.17, 15) is 4.79 Å². The standard InChI is InChI=1S/C9H9N3O/c1-2-5-12-6-7-8(13)3-4-10-9(7)11-12/h2,4,6H,1,3,5H2. The van der Waals surface area contributed by atoms with Crippen LogP contribution in [0.5, 0.6) is 0 Å². The van der Waals surface area contributed by atoms with Crippen LogP contribution in [0.4, 0.5) is 5.82 Å².